The molecule has 3 rings (SSSR count). The predicted molar refractivity (Wildman–Crippen MR) is 115 cm³/mol. The summed E-state index contributed by atoms with van der Waals surface area (Å²) >= 11 is 3.41. The lowest BCUT2D eigenvalue weighted by atomic mass is 9.72. The first-order valence-electron chi connectivity index (χ1n) is 9.15. The molecule has 0 saturated heterocycles. The molecule has 0 radical (unpaired) electrons. The molecular weight excluding hydrogens is 360 g/mol. The van der Waals surface area contributed by atoms with Crippen molar-refractivity contribution in [2.75, 3.05) is 5.75 Å². The van der Waals surface area contributed by atoms with Gasteiger partial charge in [0.05, 0.1) is 0 Å². The lowest BCUT2D eigenvalue weighted by molar-refractivity contribution is 0.217. The molecule has 0 aliphatic heterocycles. The molecule has 0 saturated carbocycles. The van der Waals surface area contributed by atoms with Gasteiger partial charge in [0.2, 0.25) is 5.43 Å². The molecule has 0 spiro atoms. The molecule has 1 atom stereocenters. The van der Waals surface area contributed by atoms with E-state index in [0.717, 1.165) is 46.1 Å². The zero-order chi connectivity index (χ0) is 19.1. The molecule has 0 fully saturated rings. The van der Waals surface area contributed by atoms with Gasteiger partial charge in [-0.05, 0) is 37.5 Å². The minimum absolute atomic E-state index is 0.140. The van der Waals surface area contributed by atoms with Gasteiger partial charge < -0.3 is 4.57 Å². The van der Waals surface area contributed by atoms with Crippen LogP contribution in [0.2, 0.25) is 0 Å². The summed E-state index contributed by atoms with van der Waals surface area (Å²) in [6.45, 7) is 17.5. The lowest BCUT2D eigenvalue weighted by Crippen LogP contribution is -2.29. The highest BCUT2D eigenvalue weighted by Gasteiger charge is 2.31. The normalized spacial score (nSPS) is 17.3. The lowest BCUT2D eigenvalue weighted by Gasteiger charge is -2.34. The van der Waals surface area contributed by atoms with Gasteiger partial charge in [-0.3, -0.25) is 4.79 Å². The first kappa shape index (κ1) is 19.4. The number of aromatic nitrogens is 2. The molecule has 0 bridgehead atoms. The molecule has 2 heterocycles. The summed E-state index contributed by atoms with van der Waals surface area (Å²) in [5, 5.41) is 0.894. The Hall–Kier alpha value is -1.33. The Morgan fingerprint density at radius 1 is 1.46 bits per heavy atom. The molecule has 140 valence electrons. The Kier molecular flexibility index (Phi) is 5.50. The molecule has 26 heavy (non-hydrogen) atoms. The van der Waals surface area contributed by atoms with Crippen LogP contribution in [0.4, 0.5) is 0 Å². The van der Waals surface area contributed by atoms with Gasteiger partial charge in [0.25, 0.3) is 0 Å². The van der Waals surface area contributed by atoms with Crippen LogP contribution < -0.4 is 5.43 Å². The van der Waals surface area contributed by atoms with Crippen molar-refractivity contribution in [2.24, 2.45) is 11.3 Å². The van der Waals surface area contributed by atoms with Crippen molar-refractivity contribution in [2.45, 2.75) is 58.7 Å². The third kappa shape index (κ3) is 3.70. The fraction of sp³-hybridized carbons (Fsp3) is 0.524. The maximum absolute atomic E-state index is 13.1. The number of thioether (sulfide) groups is 1. The van der Waals surface area contributed by atoms with E-state index in [0.29, 0.717) is 18.0 Å². The molecule has 5 heteroatoms. The smallest absolute Gasteiger partial charge is 0.211 e. The standard InChI is InChI=1S/C21H28N2OS2/c1-7-10-23-19-17(22-20(23)25-12-13(2)3)18(24)15-9-8-14(21(4,5)6)11-16(15)26-19/h7,14H,1-2,8-12H2,3-6H3. The van der Waals surface area contributed by atoms with Crippen molar-refractivity contribution in [3.05, 3.63) is 45.5 Å². The zero-order valence-corrected chi connectivity index (χ0v) is 17.9. The summed E-state index contributed by atoms with van der Waals surface area (Å²) in [5.41, 5.74) is 3.15. The molecular formula is C21H28N2OS2. The van der Waals surface area contributed by atoms with Crippen molar-refractivity contribution in [1.82, 2.24) is 9.55 Å². The minimum Gasteiger partial charge on any atom is -0.307 e. The third-order valence-electron chi connectivity index (χ3n) is 5.09. The average Bonchev–Trinajstić information content (AvgIpc) is 2.90. The molecule has 0 N–H and O–H groups in total. The van der Waals surface area contributed by atoms with Crippen LogP contribution in [-0.4, -0.2) is 15.3 Å². The van der Waals surface area contributed by atoms with Crippen LogP contribution in [0.25, 0.3) is 10.3 Å². The minimum atomic E-state index is 0.140. The van der Waals surface area contributed by atoms with Crippen LogP contribution in [0.1, 0.15) is 44.6 Å². The fourth-order valence-corrected chi connectivity index (χ4v) is 5.76. The van der Waals surface area contributed by atoms with Gasteiger partial charge in [-0.1, -0.05) is 50.8 Å². The first-order chi connectivity index (χ1) is 12.2. The van der Waals surface area contributed by atoms with Crippen LogP contribution in [0.15, 0.2) is 34.8 Å². The highest BCUT2D eigenvalue weighted by atomic mass is 32.2. The molecule has 1 unspecified atom stereocenters. The molecule has 0 amide bonds. The fourth-order valence-electron chi connectivity index (χ4n) is 3.51. The van der Waals surface area contributed by atoms with E-state index in [4.69, 9.17) is 4.98 Å². The highest BCUT2D eigenvalue weighted by molar-refractivity contribution is 7.99. The van der Waals surface area contributed by atoms with Gasteiger partial charge in [-0.2, -0.15) is 0 Å². The van der Waals surface area contributed by atoms with Gasteiger partial charge in [0.15, 0.2) is 5.16 Å². The van der Waals surface area contributed by atoms with Crippen molar-refractivity contribution in [1.29, 1.82) is 0 Å². The van der Waals surface area contributed by atoms with E-state index in [1.54, 1.807) is 23.1 Å². The van der Waals surface area contributed by atoms with Crippen LogP contribution in [0.3, 0.4) is 0 Å². The van der Waals surface area contributed by atoms with Gasteiger partial charge in [-0.15, -0.1) is 17.9 Å². The van der Waals surface area contributed by atoms with E-state index in [1.807, 2.05) is 13.0 Å². The summed E-state index contributed by atoms with van der Waals surface area (Å²) in [5.74, 6) is 1.43. The average molecular weight is 389 g/mol. The number of nitrogens with zero attached hydrogens (tertiary/aromatic N) is 2. The number of allylic oxidation sites excluding steroid dienone is 1. The molecule has 2 aromatic rings. The summed E-state index contributed by atoms with van der Waals surface area (Å²) in [6.07, 6.45) is 4.85. The number of imidazole rings is 1. The monoisotopic (exact) mass is 388 g/mol. The summed E-state index contributed by atoms with van der Waals surface area (Å²) < 4.78 is 2.14. The molecule has 0 aromatic carbocycles. The van der Waals surface area contributed by atoms with E-state index in [9.17, 15) is 4.79 Å². The number of hydrogen-bond donors (Lipinski definition) is 0. The van der Waals surface area contributed by atoms with Gasteiger partial charge >= 0.3 is 0 Å². The second kappa shape index (κ2) is 7.35. The SMILES string of the molecule is C=CCn1c(SCC(=C)C)nc2c(=O)c3c(sc21)CC(C(C)(C)C)CC3. The Morgan fingerprint density at radius 3 is 2.81 bits per heavy atom. The van der Waals surface area contributed by atoms with Crippen molar-refractivity contribution in [3.8, 4) is 0 Å². The maximum atomic E-state index is 13.1. The summed E-state index contributed by atoms with van der Waals surface area (Å²) in [7, 11) is 0. The van der Waals surface area contributed by atoms with Crippen molar-refractivity contribution >= 4 is 33.4 Å². The van der Waals surface area contributed by atoms with E-state index < -0.39 is 0 Å². The maximum Gasteiger partial charge on any atom is 0.211 e. The molecule has 1 aliphatic rings. The van der Waals surface area contributed by atoms with Crippen LogP contribution in [-0.2, 0) is 19.4 Å². The van der Waals surface area contributed by atoms with Crippen molar-refractivity contribution < 1.29 is 0 Å². The highest BCUT2D eigenvalue weighted by Crippen LogP contribution is 2.39. The zero-order valence-electron chi connectivity index (χ0n) is 16.2. The second-order valence-corrected chi connectivity index (χ2v) is 10.4. The number of hydrogen-bond acceptors (Lipinski definition) is 4. The number of rotatable bonds is 5. The van der Waals surface area contributed by atoms with Crippen LogP contribution in [0.5, 0.6) is 0 Å². The summed E-state index contributed by atoms with van der Waals surface area (Å²) in [6, 6.07) is 0. The Balaban J connectivity index is 2.12. The molecule has 3 nitrogen and oxygen atoms in total. The van der Waals surface area contributed by atoms with E-state index >= 15 is 0 Å². The van der Waals surface area contributed by atoms with Crippen molar-refractivity contribution in [3.63, 3.8) is 0 Å². The Labute approximate surface area is 164 Å². The quantitative estimate of drug-likeness (QED) is 0.504. The van der Waals surface area contributed by atoms with Crippen LogP contribution >= 0.6 is 23.1 Å². The van der Waals surface area contributed by atoms with Gasteiger partial charge in [0, 0.05) is 22.7 Å². The largest absolute Gasteiger partial charge is 0.307 e. The number of fused-ring (bicyclic) bond motifs is 2. The first-order valence-corrected chi connectivity index (χ1v) is 11.0. The molecule has 1 aliphatic carbocycles. The van der Waals surface area contributed by atoms with Crippen LogP contribution in [0, 0.1) is 11.3 Å². The predicted octanol–water partition coefficient (Wildman–Crippen LogP) is 5.46. The second-order valence-electron chi connectivity index (χ2n) is 8.33. The van der Waals surface area contributed by atoms with Gasteiger partial charge in [-0.25, -0.2) is 4.98 Å². The Bertz CT molecular complexity index is 915. The summed E-state index contributed by atoms with van der Waals surface area (Å²) in [4.78, 5) is 20.1. The topological polar surface area (TPSA) is 34.9 Å². The molecule has 2 aromatic heterocycles. The van der Waals surface area contributed by atoms with E-state index in [2.05, 4.69) is 38.5 Å². The van der Waals surface area contributed by atoms with E-state index in [-0.39, 0.29) is 10.8 Å². The third-order valence-corrected chi connectivity index (χ3v) is 7.56. The Morgan fingerprint density at radius 2 is 2.19 bits per heavy atom. The van der Waals surface area contributed by atoms with Gasteiger partial charge in [0.1, 0.15) is 10.3 Å². The van der Waals surface area contributed by atoms with E-state index in [1.165, 1.54) is 4.88 Å².